The first kappa shape index (κ1) is 15.7. The number of aliphatic carboxylic acids is 1. The predicted octanol–water partition coefficient (Wildman–Crippen LogP) is 4.58. The van der Waals surface area contributed by atoms with Crippen LogP contribution in [0.4, 0.5) is 5.69 Å². The summed E-state index contributed by atoms with van der Waals surface area (Å²) < 4.78 is 5.77. The Bertz CT molecular complexity index is 687. The maximum Gasteiger partial charge on any atom is 0.305 e. The minimum atomic E-state index is -0.747. The van der Waals surface area contributed by atoms with Crippen LogP contribution in [0.3, 0.4) is 0 Å². The summed E-state index contributed by atoms with van der Waals surface area (Å²) in [5, 5.41) is 9.64. The zero-order valence-electron chi connectivity index (χ0n) is 12.6. The lowest BCUT2D eigenvalue weighted by molar-refractivity contribution is -0.137. The molecule has 0 saturated carbocycles. The van der Waals surface area contributed by atoms with E-state index in [1.54, 1.807) is 12.1 Å². The molecule has 1 atom stereocenters. The number of carboxylic acids is 1. The van der Waals surface area contributed by atoms with Gasteiger partial charge in [0.15, 0.2) is 0 Å². The first-order chi connectivity index (χ1) is 11.1. The molecule has 3 rings (SSSR count). The average molecular weight is 332 g/mol. The fraction of sp³-hybridized carbons (Fsp3) is 0.278. The highest BCUT2D eigenvalue weighted by molar-refractivity contribution is 6.30. The van der Waals surface area contributed by atoms with Crippen LogP contribution >= 0.6 is 11.6 Å². The van der Waals surface area contributed by atoms with Gasteiger partial charge in [0.05, 0.1) is 6.42 Å². The van der Waals surface area contributed by atoms with Crippen LogP contribution in [0, 0.1) is 0 Å². The molecule has 0 spiro atoms. The fourth-order valence-electron chi connectivity index (χ4n) is 2.96. The quantitative estimate of drug-likeness (QED) is 0.871. The lowest BCUT2D eigenvalue weighted by Gasteiger charge is -2.25. The van der Waals surface area contributed by atoms with Crippen molar-refractivity contribution in [1.82, 2.24) is 0 Å². The molecule has 0 amide bonds. The second kappa shape index (κ2) is 6.92. The molecule has 0 aromatic heterocycles. The first-order valence-electron chi connectivity index (χ1n) is 7.64. The van der Waals surface area contributed by atoms with Gasteiger partial charge in [-0.15, -0.1) is 0 Å². The summed E-state index contributed by atoms with van der Waals surface area (Å²) in [6.45, 7) is 0.895. The van der Waals surface area contributed by atoms with E-state index in [1.807, 2.05) is 36.4 Å². The number of carboxylic acid groups (broad SMARTS) is 1. The summed E-state index contributed by atoms with van der Waals surface area (Å²) in [4.78, 5) is 13.1. The van der Waals surface area contributed by atoms with Gasteiger partial charge in [-0.2, -0.15) is 0 Å². The number of ether oxygens (including phenoxy) is 1. The van der Waals surface area contributed by atoms with Crippen molar-refractivity contribution in [2.75, 3.05) is 11.4 Å². The molecular weight excluding hydrogens is 314 g/mol. The molecule has 0 radical (unpaired) electrons. The van der Waals surface area contributed by atoms with Crippen molar-refractivity contribution in [3.05, 3.63) is 53.6 Å². The Morgan fingerprint density at radius 3 is 2.70 bits per heavy atom. The molecule has 0 aliphatic carbocycles. The lowest BCUT2D eigenvalue weighted by Crippen LogP contribution is -2.31. The van der Waals surface area contributed by atoms with Crippen LogP contribution in [0.25, 0.3) is 0 Å². The SMILES string of the molecule is O=C(O)CC1CCCN1c1ccc(Oc2cccc(Cl)c2)cc1. The largest absolute Gasteiger partial charge is 0.481 e. The van der Waals surface area contributed by atoms with Crippen molar-refractivity contribution in [3.63, 3.8) is 0 Å². The third-order valence-electron chi connectivity index (χ3n) is 3.99. The summed E-state index contributed by atoms with van der Waals surface area (Å²) >= 11 is 5.95. The minimum Gasteiger partial charge on any atom is -0.481 e. The van der Waals surface area contributed by atoms with E-state index in [1.165, 1.54) is 0 Å². The first-order valence-corrected chi connectivity index (χ1v) is 8.01. The van der Waals surface area contributed by atoms with Gasteiger partial charge >= 0.3 is 5.97 Å². The Hall–Kier alpha value is -2.20. The van der Waals surface area contributed by atoms with Crippen LogP contribution in [0.5, 0.6) is 11.5 Å². The summed E-state index contributed by atoms with van der Waals surface area (Å²) in [5.74, 6) is 0.669. The summed E-state index contributed by atoms with van der Waals surface area (Å²) in [7, 11) is 0. The van der Waals surface area contributed by atoms with E-state index in [0.29, 0.717) is 10.8 Å². The summed E-state index contributed by atoms with van der Waals surface area (Å²) in [6.07, 6.45) is 2.13. The number of benzene rings is 2. The standard InChI is InChI=1S/C18H18ClNO3/c19-13-3-1-5-17(11-13)23-16-8-6-14(7-9-16)20-10-2-4-15(20)12-18(21)22/h1,3,5-9,11,15H,2,4,10,12H2,(H,21,22). The van der Waals surface area contributed by atoms with Crippen molar-refractivity contribution in [1.29, 1.82) is 0 Å². The van der Waals surface area contributed by atoms with E-state index in [4.69, 9.17) is 21.4 Å². The molecule has 23 heavy (non-hydrogen) atoms. The lowest BCUT2D eigenvalue weighted by atomic mass is 10.1. The second-order valence-corrected chi connectivity index (χ2v) is 6.08. The van der Waals surface area contributed by atoms with E-state index < -0.39 is 5.97 Å². The van der Waals surface area contributed by atoms with Gasteiger partial charge in [-0.1, -0.05) is 17.7 Å². The highest BCUT2D eigenvalue weighted by Gasteiger charge is 2.26. The van der Waals surface area contributed by atoms with Crippen LogP contribution in [0.2, 0.25) is 5.02 Å². The van der Waals surface area contributed by atoms with Crippen molar-refractivity contribution in [2.24, 2.45) is 0 Å². The maximum atomic E-state index is 11.0. The van der Waals surface area contributed by atoms with Crippen LogP contribution in [0.1, 0.15) is 19.3 Å². The number of carbonyl (C=O) groups is 1. The van der Waals surface area contributed by atoms with E-state index >= 15 is 0 Å². The zero-order chi connectivity index (χ0) is 16.2. The molecule has 1 unspecified atom stereocenters. The normalized spacial score (nSPS) is 17.3. The van der Waals surface area contributed by atoms with E-state index in [0.717, 1.165) is 30.8 Å². The van der Waals surface area contributed by atoms with Gasteiger partial charge in [-0.3, -0.25) is 4.79 Å². The highest BCUT2D eigenvalue weighted by atomic mass is 35.5. The third-order valence-corrected chi connectivity index (χ3v) is 4.22. The Morgan fingerprint density at radius 2 is 2.00 bits per heavy atom. The molecular formula is C18H18ClNO3. The molecule has 1 aliphatic heterocycles. The van der Waals surface area contributed by atoms with Gasteiger partial charge < -0.3 is 14.7 Å². The highest BCUT2D eigenvalue weighted by Crippen LogP contribution is 2.30. The van der Waals surface area contributed by atoms with E-state index in [-0.39, 0.29) is 12.5 Å². The Morgan fingerprint density at radius 1 is 1.22 bits per heavy atom. The van der Waals surface area contributed by atoms with E-state index in [2.05, 4.69) is 4.90 Å². The zero-order valence-corrected chi connectivity index (χ0v) is 13.4. The smallest absolute Gasteiger partial charge is 0.305 e. The van der Waals surface area contributed by atoms with Crippen LogP contribution in [-0.4, -0.2) is 23.7 Å². The number of rotatable bonds is 5. The Balaban J connectivity index is 1.70. The van der Waals surface area contributed by atoms with Gasteiger partial charge in [0.25, 0.3) is 0 Å². The molecule has 120 valence electrons. The number of hydrogen-bond acceptors (Lipinski definition) is 3. The van der Waals surface area contributed by atoms with Gasteiger partial charge in [-0.25, -0.2) is 0 Å². The molecule has 0 bridgehead atoms. The predicted molar refractivity (Wildman–Crippen MR) is 90.6 cm³/mol. The van der Waals surface area contributed by atoms with Gasteiger partial charge in [-0.05, 0) is 55.3 Å². The molecule has 4 nitrogen and oxygen atoms in total. The fourth-order valence-corrected chi connectivity index (χ4v) is 3.14. The van der Waals surface area contributed by atoms with Crippen LogP contribution in [0.15, 0.2) is 48.5 Å². The maximum absolute atomic E-state index is 11.0. The van der Waals surface area contributed by atoms with Gasteiger partial charge in [0.1, 0.15) is 11.5 Å². The number of halogens is 1. The van der Waals surface area contributed by atoms with Gasteiger partial charge in [0, 0.05) is 23.3 Å². The molecule has 1 aliphatic rings. The second-order valence-electron chi connectivity index (χ2n) is 5.64. The van der Waals surface area contributed by atoms with Crippen LogP contribution < -0.4 is 9.64 Å². The molecule has 2 aromatic carbocycles. The summed E-state index contributed by atoms with van der Waals surface area (Å²) in [5.41, 5.74) is 1.03. The minimum absolute atomic E-state index is 0.0761. The monoisotopic (exact) mass is 331 g/mol. The molecule has 2 aromatic rings. The molecule has 1 fully saturated rings. The van der Waals surface area contributed by atoms with E-state index in [9.17, 15) is 4.79 Å². The number of hydrogen-bond donors (Lipinski definition) is 1. The van der Waals surface area contributed by atoms with Crippen molar-refractivity contribution in [2.45, 2.75) is 25.3 Å². The number of nitrogens with zero attached hydrogens (tertiary/aromatic N) is 1. The third kappa shape index (κ3) is 3.96. The molecule has 1 saturated heterocycles. The molecule has 5 heteroatoms. The molecule has 1 heterocycles. The van der Waals surface area contributed by atoms with Crippen molar-refractivity contribution in [3.8, 4) is 11.5 Å². The van der Waals surface area contributed by atoms with Gasteiger partial charge in [0.2, 0.25) is 0 Å². The Labute approximate surface area is 140 Å². The van der Waals surface area contributed by atoms with Crippen molar-refractivity contribution < 1.29 is 14.6 Å². The number of anilines is 1. The topological polar surface area (TPSA) is 49.8 Å². The average Bonchev–Trinajstić information content (AvgIpc) is 2.95. The Kier molecular flexibility index (Phi) is 4.72. The van der Waals surface area contributed by atoms with Crippen LogP contribution in [-0.2, 0) is 4.79 Å². The summed E-state index contributed by atoms with van der Waals surface area (Å²) in [6, 6.07) is 15.1. The van der Waals surface area contributed by atoms with Crippen molar-refractivity contribution >= 4 is 23.3 Å². The molecule has 1 N–H and O–H groups in total.